The number of rotatable bonds is 3. The molecule has 0 unspecified atom stereocenters. The van der Waals surface area contributed by atoms with E-state index in [1.807, 2.05) is 0 Å². The van der Waals surface area contributed by atoms with E-state index in [0.717, 1.165) is 11.8 Å². The predicted octanol–water partition coefficient (Wildman–Crippen LogP) is 2.68. The lowest BCUT2D eigenvalue weighted by Gasteiger charge is -2.38. The van der Waals surface area contributed by atoms with Crippen LogP contribution in [0, 0.1) is 17.8 Å². The second kappa shape index (κ2) is 3.69. The molecule has 2 rings (SSSR count). The van der Waals surface area contributed by atoms with Gasteiger partial charge in [-0.3, -0.25) is 4.79 Å². The van der Waals surface area contributed by atoms with Gasteiger partial charge >= 0.3 is 5.97 Å². The van der Waals surface area contributed by atoms with Crippen LogP contribution in [0.4, 0.5) is 0 Å². The lowest BCUT2D eigenvalue weighted by molar-refractivity contribution is -0.139. The molecule has 1 N–H and O–H groups in total. The van der Waals surface area contributed by atoms with Gasteiger partial charge in [0.05, 0.1) is 0 Å². The topological polar surface area (TPSA) is 37.3 Å². The van der Waals surface area contributed by atoms with Crippen LogP contribution >= 0.6 is 0 Å². The van der Waals surface area contributed by atoms with Gasteiger partial charge in [-0.15, -0.1) is 0 Å². The number of aliphatic carboxylic acids is 1. The summed E-state index contributed by atoms with van der Waals surface area (Å²) in [6.45, 7) is 0. The van der Waals surface area contributed by atoms with Crippen LogP contribution in [-0.2, 0) is 4.79 Å². The van der Waals surface area contributed by atoms with Crippen LogP contribution < -0.4 is 0 Å². The average Bonchev–Trinajstić information content (AvgIpc) is 2.46. The average molecular weight is 182 g/mol. The van der Waals surface area contributed by atoms with E-state index in [9.17, 15) is 4.79 Å². The largest absolute Gasteiger partial charge is 0.481 e. The third-order valence-corrected chi connectivity index (χ3v) is 3.80. The van der Waals surface area contributed by atoms with Crippen LogP contribution in [0.25, 0.3) is 0 Å². The highest BCUT2D eigenvalue weighted by Crippen LogP contribution is 2.46. The molecule has 2 aliphatic rings. The minimum Gasteiger partial charge on any atom is -0.481 e. The van der Waals surface area contributed by atoms with Crippen LogP contribution in [-0.4, -0.2) is 11.1 Å². The molecule has 2 aliphatic carbocycles. The number of carboxylic acid groups (broad SMARTS) is 1. The molecule has 0 heterocycles. The zero-order valence-electron chi connectivity index (χ0n) is 8.04. The van der Waals surface area contributed by atoms with Crippen molar-refractivity contribution < 1.29 is 9.90 Å². The van der Waals surface area contributed by atoms with Gasteiger partial charge in [-0.2, -0.15) is 0 Å². The number of hydrogen-bond acceptors (Lipinski definition) is 1. The molecule has 0 atom stereocenters. The van der Waals surface area contributed by atoms with E-state index >= 15 is 0 Å². The van der Waals surface area contributed by atoms with E-state index < -0.39 is 5.97 Å². The monoisotopic (exact) mass is 182 g/mol. The molecule has 13 heavy (non-hydrogen) atoms. The first-order valence-electron chi connectivity index (χ1n) is 5.47. The summed E-state index contributed by atoms with van der Waals surface area (Å²) in [6, 6.07) is 0. The van der Waals surface area contributed by atoms with Gasteiger partial charge in [-0.25, -0.2) is 0 Å². The summed E-state index contributed by atoms with van der Waals surface area (Å²) in [4.78, 5) is 10.4. The minimum atomic E-state index is -0.616. The van der Waals surface area contributed by atoms with Crippen molar-refractivity contribution in [3.05, 3.63) is 0 Å². The first-order valence-corrected chi connectivity index (χ1v) is 5.47. The Morgan fingerprint density at radius 1 is 1.15 bits per heavy atom. The van der Waals surface area contributed by atoms with Crippen molar-refractivity contribution >= 4 is 5.97 Å². The van der Waals surface area contributed by atoms with Crippen molar-refractivity contribution in [2.24, 2.45) is 17.8 Å². The van der Waals surface area contributed by atoms with Crippen molar-refractivity contribution in [3.63, 3.8) is 0 Å². The van der Waals surface area contributed by atoms with E-state index in [0.29, 0.717) is 12.3 Å². The Morgan fingerprint density at radius 3 is 2.31 bits per heavy atom. The maximum Gasteiger partial charge on any atom is 0.303 e. The maximum absolute atomic E-state index is 10.4. The van der Waals surface area contributed by atoms with Crippen LogP contribution in [0.2, 0.25) is 0 Å². The highest BCUT2D eigenvalue weighted by atomic mass is 16.4. The standard InChI is InChI=1S/C11H18O2/c12-11(13)7-8-5-10(6-8)9-3-1-2-4-9/h8-10H,1-7H2,(H,12,13). The van der Waals surface area contributed by atoms with Gasteiger partial charge in [0.2, 0.25) is 0 Å². The van der Waals surface area contributed by atoms with E-state index in [-0.39, 0.29) is 0 Å². The molecule has 0 bridgehead atoms. The summed E-state index contributed by atoms with van der Waals surface area (Å²) in [5.74, 6) is 1.72. The van der Waals surface area contributed by atoms with Crippen LogP contribution in [0.5, 0.6) is 0 Å². The van der Waals surface area contributed by atoms with Crippen molar-refractivity contribution in [1.82, 2.24) is 0 Å². The fraction of sp³-hybridized carbons (Fsp3) is 0.909. The molecular formula is C11H18O2. The summed E-state index contributed by atoms with van der Waals surface area (Å²) in [5, 5.41) is 8.60. The van der Waals surface area contributed by atoms with Crippen molar-refractivity contribution in [1.29, 1.82) is 0 Å². The summed E-state index contributed by atoms with van der Waals surface area (Å²) in [7, 11) is 0. The fourth-order valence-corrected chi connectivity index (χ4v) is 3.01. The molecule has 0 saturated heterocycles. The third kappa shape index (κ3) is 2.04. The van der Waals surface area contributed by atoms with Crippen molar-refractivity contribution in [2.75, 3.05) is 0 Å². The molecule has 0 aromatic carbocycles. The second-order valence-corrected chi connectivity index (χ2v) is 4.74. The number of carboxylic acids is 1. The maximum atomic E-state index is 10.4. The van der Waals surface area contributed by atoms with Gasteiger partial charge in [-0.1, -0.05) is 25.7 Å². The molecule has 0 radical (unpaired) electrons. The first kappa shape index (κ1) is 9.04. The van der Waals surface area contributed by atoms with Crippen LogP contribution in [0.3, 0.4) is 0 Å². The molecule has 2 fully saturated rings. The Kier molecular flexibility index (Phi) is 2.56. The van der Waals surface area contributed by atoms with Gasteiger partial charge in [0.1, 0.15) is 0 Å². The van der Waals surface area contributed by atoms with Crippen molar-refractivity contribution in [3.8, 4) is 0 Å². The van der Waals surface area contributed by atoms with Gasteiger partial charge in [0.15, 0.2) is 0 Å². The Morgan fingerprint density at radius 2 is 1.77 bits per heavy atom. The number of carbonyl (C=O) groups is 1. The summed E-state index contributed by atoms with van der Waals surface area (Å²) < 4.78 is 0. The fourth-order valence-electron chi connectivity index (χ4n) is 3.01. The van der Waals surface area contributed by atoms with Gasteiger partial charge < -0.3 is 5.11 Å². The van der Waals surface area contributed by atoms with Gasteiger partial charge in [-0.05, 0) is 30.6 Å². The lowest BCUT2D eigenvalue weighted by Crippen LogP contribution is -2.30. The Labute approximate surface area is 79.3 Å². The van der Waals surface area contributed by atoms with E-state index in [1.165, 1.54) is 38.5 Å². The quantitative estimate of drug-likeness (QED) is 0.728. The summed E-state index contributed by atoms with van der Waals surface area (Å²) in [5.41, 5.74) is 0. The Hall–Kier alpha value is -0.530. The zero-order chi connectivity index (χ0) is 9.26. The molecule has 0 aromatic heterocycles. The summed E-state index contributed by atoms with van der Waals surface area (Å²) in [6.07, 6.45) is 8.42. The normalized spacial score (nSPS) is 34.5. The molecule has 0 amide bonds. The molecule has 74 valence electrons. The van der Waals surface area contributed by atoms with E-state index in [2.05, 4.69) is 0 Å². The SMILES string of the molecule is O=C(O)CC1CC(C2CCCC2)C1. The summed E-state index contributed by atoms with van der Waals surface area (Å²) >= 11 is 0. The van der Waals surface area contributed by atoms with E-state index in [4.69, 9.17) is 5.11 Å². The highest BCUT2D eigenvalue weighted by molar-refractivity contribution is 5.67. The molecule has 0 aliphatic heterocycles. The van der Waals surface area contributed by atoms with Gasteiger partial charge in [0, 0.05) is 6.42 Å². The molecule has 2 nitrogen and oxygen atoms in total. The molecule has 2 saturated carbocycles. The van der Waals surface area contributed by atoms with Crippen LogP contribution in [0.15, 0.2) is 0 Å². The first-order chi connectivity index (χ1) is 6.25. The van der Waals surface area contributed by atoms with E-state index in [1.54, 1.807) is 0 Å². The Balaban J connectivity index is 1.68. The second-order valence-electron chi connectivity index (χ2n) is 4.74. The highest BCUT2D eigenvalue weighted by Gasteiger charge is 2.36. The van der Waals surface area contributed by atoms with Crippen molar-refractivity contribution in [2.45, 2.75) is 44.9 Å². The molecule has 2 heteroatoms. The smallest absolute Gasteiger partial charge is 0.303 e. The van der Waals surface area contributed by atoms with Crippen LogP contribution in [0.1, 0.15) is 44.9 Å². The molecule has 0 spiro atoms. The number of hydrogen-bond donors (Lipinski definition) is 1. The molecule has 0 aromatic rings. The minimum absolute atomic E-state index is 0.406. The zero-order valence-corrected chi connectivity index (χ0v) is 8.04. The lowest BCUT2D eigenvalue weighted by atomic mass is 9.67. The predicted molar refractivity (Wildman–Crippen MR) is 50.4 cm³/mol. The van der Waals surface area contributed by atoms with Gasteiger partial charge in [0.25, 0.3) is 0 Å². The molecular weight excluding hydrogens is 164 g/mol. The third-order valence-electron chi connectivity index (χ3n) is 3.80. The Bertz CT molecular complexity index is 188.